The molecule has 0 aliphatic rings. The van der Waals surface area contributed by atoms with Gasteiger partial charge in [-0.3, -0.25) is 0 Å². The highest BCUT2D eigenvalue weighted by Crippen LogP contribution is 2.20. The van der Waals surface area contributed by atoms with Crippen molar-refractivity contribution in [2.45, 2.75) is 59.4 Å². The summed E-state index contributed by atoms with van der Waals surface area (Å²) in [5, 5.41) is 3.61. The van der Waals surface area contributed by atoms with Crippen molar-refractivity contribution in [1.82, 2.24) is 0 Å². The third-order valence-electron chi connectivity index (χ3n) is 3.19. The Kier molecular flexibility index (Phi) is 7.39. The van der Waals surface area contributed by atoms with E-state index in [2.05, 4.69) is 51.2 Å². The Labute approximate surface area is 118 Å². The number of rotatable bonds is 9. The summed E-state index contributed by atoms with van der Waals surface area (Å²) in [4.78, 5) is 0. The van der Waals surface area contributed by atoms with Crippen LogP contribution in [0.4, 0.5) is 5.69 Å². The van der Waals surface area contributed by atoms with Gasteiger partial charge in [-0.05, 0) is 30.9 Å². The highest BCUT2D eigenvalue weighted by molar-refractivity contribution is 5.48. The first-order chi connectivity index (χ1) is 9.15. The zero-order valence-electron chi connectivity index (χ0n) is 12.9. The maximum absolute atomic E-state index is 5.76. The zero-order chi connectivity index (χ0) is 14.1. The molecule has 1 unspecified atom stereocenters. The molecule has 0 heterocycles. The summed E-state index contributed by atoms with van der Waals surface area (Å²) < 4.78 is 5.76. The molecule has 1 atom stereocenters. The highest BCUT2D eigenvalue weighted by Gasteiger charge is 2.06. The van der Waals surface area contributed by atoms with E-state index < -0.39 is 0 Å². The summed E-state index contributed by atoms with van der Waals surface area (Å²) in [5.74, 6) is 1.52. The topological polar surface area (TPSA) is 21.3 Å². The standard InChI is InChI=1S/C17H29NO/c1-5-7-9-15(6-2)18-16-10-8-11-17(12-16)19-13-14(3)4/h8,10-12,14-15,18H,5-7,9,13H2,1-4H3. The zero-order valence-corrected chi connectivity index (χ0v) is 12.9. The summed E-state index contributed by atoms with van der Waals surface area (Å²) in [6.07, 6.45) is 4.95. The monoisotopic (exact) mass is 263 g/mol. The first kappa shape index (κ1) is 15.9. The third-order valence-corrected chi connectivity index (χ3v) is 3.19. The average Bonchev–Trinajstić information content (AvgIpc) is 2.41. The van der Waals surface area contributed by atoms with Crippen LogP contribution < -0.4 is 10.1 Å². The van der Waals surface area contributed by atoms with Crippen molar-refractivity contribution < 1.29 is 4.74 Å². The van der Waals surface area contributed by atoms with E-state index >= 15 is 0 Å². The van der Waals surface area contributed by atoms with Crippen LogP contribution in [0.2, 0.25) is 0 Å². The van der Waals surface area contributed by atoms with Gasteiger partial charge in [0.2, 0.25) is 0 Å². The van der Waals surface area contributed by atoms with Crippen LogP contribution >= 0.6 is 0 Å². The molecule has 0 saturated heterocycles. The largest absolute Gasteiger partial charge is 0.493 e. The fraction of sp³-hybridized carbons (Fsp3) is 0.647. The molecule has 0 bridgehead atoms. The molecule has 1 N–H and O–H groups in total. The number of hydrogen-bond donors (Lipinski definition) is 1. The van der Waals surface area contributed by atoms with E-state index in [1.54, 1.807) is 0 Å². The lowest BCUT2D eigenvalue weighted by Gasteiger charge is -2.18. The number of nitrogens with one attached hydrogen (secondary N) is 1. The molecule has 2 heteroatoms. The van der Waals surface area contributed by atoms with E-state index in [0.29, 0.717) is 12.0 Å². The van der Waals surface area contributed by atoms with Gasteiger partial charge in [0.25, 0.3) is 0 Å². The van der Waals surface area contributed by atoms with Crippen LogP contribution in [0.25, 0.3) is 0 Å². The Morgan fingerprint density at radius 2 is 2.00 bits per heavy atom. The number of hydrogen-bond acceptors (Lipinski definition) is 2. The lowest BCUT2D eigenvalue weighted by atomic mass is 10.1. The van der Waals surface area contributed by atoms with E-state index in [1.165, 1.54) is 24.9 Å². The van der Waals surface area contributed by atoms with Crippen LogP contribution in [-0.4, -0.2) is 12.6 Å². The van der Waals surface area contributed by atoms with Crippen molar-refractivity contribution in [1.29, 1.82) is 0 Å². The van der Waals surface area contributed by atoms with Gasteiger partial charge in [-0.1, -0.05) is 46.6 Å². The Morgan fingerprint density at radius 1 is 1.21 bits per heavy atom. The molecule has 0 saturated carbocycles. The van der Waals surface area contributed by atoms with Crippen LogP contribution in [0.3, 0.4) is 0 Å². The van der Waals surface area contributed by atoms with Crippen LogP contribution in [0.1, 0.15) is 53.4 Å². The second-order valence-corrected chi connectivity index (χ2v) is 5.62. The van der Waals surface area contributed by atoms with Crippen molar-refractivity contribution >= 4 is 5.69 Å². The van der Waals surface area contributed by atoms with Gasteiger partial charge in [0, 0.05) is 17.8 Å². The first-order valence-corrected chi connectivity index (χ1v) is 7.65. The molecule has 1 aromatic rings. The molecule has 19 heavy (non-hydrogen) atoms. The Morgan fingerprint density at radius 3 is 2.63 bits per heavy atom. The minimum atomic E-state index is 0.560. The predicted octanol–water partition coefficient (Wildman–Crippen LogP) is 5.10. The minimum absolute atomic E-state index is 0.560. The Bertz CT molecular complexity index is 349. The predicted molar refractivity (Wildman–Crippen MR) is 84.0 cm³/mol. The normalized spacial score (nSPS) is 12.5. The fourth-order valence-corrected chi connectivity index (χ4v) is 2.00. The Balaban J connectivity index is 2.54. The summed E-state index contributed by atoms with van der Waals surface area (Å²) in [7, 11) is 0. The minimum Gasteiger partial charge on any atom is -0.493 e. The lowest BCUT2D eigenvalue weighted by Crippen LogP contribution is -2.18. The van der Waals surface area contributed by atoms with Gasteiger partial charge in [-0.2, -0.15) is 0 Å². The molecule has 108 valence electrons. The van der Waals surface area contributed by atoms with Gasteiger partial charge in [-0.15, -0.1) is 0 Å². The molecule has 0 fully saturated rings. The molecule has 1 rings (SSSR count). The molecular weight excluding hydrogens is 234 g/mol. The van der Waals surface area contributed by atoms with Gasteiger partial charge in [0.1, 0.15) is 5.75 Å². The maximum Gasteiger partial charge on any atom is 0.121 e. The molecule has 0 aliphatic heterocycles. The molecule has 2 nitrogen and oxygen atoms in total. The Hall–Kier alpha value is -1.18. The third kappa shape index (κ3) is 6.51. The van der Waals surface area contributed by atoms with Gasteiger partial charge >= 0.3 is 0 Å². The number of ether oxygens (including phenoxy) is 1. The van der Waals surface area contributed by atoms with E-state index in [9.17, 15) is 0 Å². The van der Waals surface area contributed by atoms with E-state index in [1.807, 2.05) is 6.07 Å². The molecule has 0 amide bonds. The smallest absolute Gasteiger partial charge is 0.121 e. The van der Waals surface area contributed by atoms with Crippen molar-refractivity contribution in [3.05, 3.63) is 24.3 Å². The van der Waals surface area contributed by atoms with Crippen LogP contribution in [0.15, 0.2) is 24.3 Å². The molecule has 1 aromatic carbocycles. The van der Waals surface area contributed by atoms with Crippen molar-refractivity contribution in [3.63, 3.8) is 0 Å². The molecule has 0 aromatic heterocycles. The number of unbranched alkanes of at least 4 members (excludes halogenated alkanes) is 1. The molecular formula is C17H29NO. The maximum atomic E-state index is 5.76. The quantitative estimate of drug-likeness (QED) is 0.669. The highest BCUT2D eigenvalue weighted by atomic mass is 16.5. The molecule has 0 aliphatic carbocycles. The molecule has 0 spiro atoms. The van der Waals surface area contributed by atoms with Gasteiger partial charge < -0.3 is 10.1 Å². The van der Waals surface area contributed by atoms with Gasteiger partial charge in [-0.25, -0.2) is 0 Å². The van der Waals surface area contributed by atoms with Crippen LogP contribution in [0, 0.1) is 5.92 Å². The fourth-order valence-electron chi connectivity index (χ4n) is 2.00. The van der Waals surface area contributed by atoms with Crippen molar-refractivity contribution in [3.8, 4) is 5.75 Å². The van der Waals surface area contributed by atoms with Crippen LogP contribution in [0.5, 0.6) is 5.75 Å². The second kappa shape index (κ2) is 8.84. The SMILES string of the molecule is CCCCC(CC)Nc1cccc(OCC(C)C)c1. The van der Waals surface area contributed by atoms with Crippen molar-refractivity contribution in [2.24, 2.45) is 5.92 Å². The second-order valence-electron chi connectivity index (χ2n) is 5.62. The van der Waals surface area contributed by atoms with E-state index in [0.717, 1.165) is 18.8 Å². The number of benzene rings is 1. The summed E-state index contributed by atoms with van der Waals surface area (Å²) >= 11 is 0. The molecule has 0 radical (unpaired) electrons. The van der Waals surface area contributed by atoms with Gasteiger partial charge in [0.15, 0.2) is 0 Å². The van der Waals surface area contributed by atoms with E-state index in [4.69, 9.17) is 4.74 Å². The summed E-state index contributed by atoms with van der Waals surface area (Å²) in [5.41, 5.74) is 1.17. The number of anilines is 1. The average molecular weight is 263 g/mol. The van der Waals surface area contributed by atoms with E-state index in [-0.39, 0.29) is 0 Å². The van der Waals surface area contributed by atoms with Crippen molar-refractivity contribution in [2.75, 3.05) is 11.9 Å². The lowest BCUT2D eigenvalue weighted by molar-refractivity contribution is 0.271. The van der Waals surface area contributed by atoms with Gasteiger partial charge in [0.05, 0.1) is 6.61 Å². The summed E-state index contributed by atoms with van der Waals surface area (Å²) in [6.45, 7) is 9.59. The first-order valence-electron chi connectivity index (χ1n) is 7.65. The van der Waals surface area contributed by atoms with Crippen LogP contribution in [-0.2, 0) is 0 Å². The summed E-state index contributed by atoms with van der Waals surface area (Å²) in [6, 6.07) is 8.89.